The fraction of sp³-hybridized carbons (Fsp3) is 0.300. The summed E-state index contributed by atoms with van der Waals surface area (Å²) in [6.45, 7) is 0.422. The van der Waals surface area contributed by atoms with Gasteiger partial charge < -0.3 is 19.7 Å². The van der Waals surface area contributed by atoms with Crippen molar-refractivity contribution < 1.29 is 19.1 Å². The molecule has 0 aliphatic rings. The van der Waals surface area contributed by atoms with Gasteiger partial charge in [-0.1, -0.05) is 18.2 Å². The third-order valence-corrected chi connectivity index (χ3v) is 3.79. The molecule has 0 heterocycles. The number of nitrogens with one attached hydrogen (secondary N) is 1. The summed E-state index contributed by atoms with van der Waals surface area (Å²) in [5.41, 5.74) is 1.61. The van der Waals surface area contributed by atoms with Gasteiger partial charge in [0.15, 0.2) is 6.61 Å². The molecule has 0 aliphatic heterocycles. The third-order valence-electron chi connectivity index (χ3n) is 3.79. The number of hydrogen-bond donors (Lipinski definition) is 1. The van der Waals surface area contributed by atoms with Crippen molar-refractivity contribution in [2.24, 2.45) is 0 Å². The zero-order chi connectivity index (χ0) is 18.9. The van der Waals surface area contributed by atoms with E-state index >= 15 is 0 Å². The lowest BCUT2D eigenvalue weighted by atomic mass is 10.1. The van der Waals surface area contributed by atoms with Gasteiger partial charge in [0.25, 0.3) is 11.8 Å². The number of carbonyl (C=O) groups excluding carboxylic acids is 2. The second-order valence-corrected chi connectivity index (χ2v) is 5.92. The van der Waals surface area contributed by atoms with Crippen molar-refractivity contribution in [1.29, 1.82) is 0 Å². The first-order chi connectivity index (χ1) is 12.5. The predicted octanol–water partition coefficient (Wildman–Crippen LogP) is 2.13. The summed E-state index contributed by atoms with van der Waals surface area (Å²) in [6.07, 6.45) is 0.678. The molecule has 2 rings (SSSR count). The summed E-state index contributed by atoms with van der Waals surface area (Å²) < 4.78 is 10.7. The lowest BCUT2D eigenvalue weighted by Gasteiger charge is -2.11. The van der Waals surface area contributed by atoms with E-state index in [2.05, 4.69) is 5.32 Å². The molecule has 0 aliphatic carbocycles. The highest BCUT2D eigenvalue weighted by molar-refractivity contribution is 5.93. The molecule has 2 aromatic rings. The van der Waals surface area contributed by atoms with Crippen LogP contribution < -0.4 is 14.8 Å². The normalized spacial score (nSPS) is 10.1. The van der Waals surface area contributed by atoms with Crippen LogP contribution in [0.25, 0.3) is 0 Å². The average Bonchev–Trinajstić information content (AvgIpc) is 2.66. The van der Waals surface area contributed by atoms with Crippen molar-refractivity contribution in [2.75, 3.05) is 34.4 Å². The van der Waals surface area contributed by atoms with Crippen LogP contribution in [0.5, 0.6) is 11.5 Å². The number of carbonyl (C=O) groups is 2. The van der Waals surface area contributed by atoms with E-state index < -0.39 is 0 Å². The Morgan fingerprint density at radius 1 is 1.04 bits per heavy atom. The first-order valence-corrected chi connectivity index (χ1v) is 8.34. The Bertz CT molecular complexity index is 742. The second kappa shape index (κ2) is 9.46. The highest BCUT2D eigenvalue weighted by atomic mass is 16.5. The molecule has 0 aromatic heterocycles. The summed E-state index contributed by atoms with van der Waals surface area (Å²) in [6, 6.07) is 14.4. The molecule has 0 bridgehead atoms. The van der Waals surface area contributed by atoms with Gasteiger partial charge in [-0.25, -0.2) is 0 Å². The van der Waals surface area contributed by atoms with E-state index in [4.69, 9.17) is 9.47 Å². The number of benzene rings is 2. The Labute approximate surface area is 153 Å². The fourth-order valence-corrected chi connectivity index (χ4v) is 2.40. The number of amides is 2. The maximum atomic E-state index is 11.9. The number of methoxy groups -OCH3 is 1. The lowest BCUT2D eigenvalue weighted by Crippen LogP contribution is -2.30. The molecule has 1 N–H and O–H groups in total. The van der Waals surface area contributed by atoms with E-state index in [1.54, 1.807) is 45.5 Å². The van der Waals surface area contributed by atoms with Gasteiger partial charge >= 0.3 is 0 Å². The molecule has 0 saturated heterocycles. The van der Waals surface area contributed by atoms with Gasteiger partial charge in [0.1, 0.15) is 11.5 Å². The molecule has 0 atom stereocenters. The number of rotatable bonds is 8. The molecule has 0 unspecified atom stereocenters. The summed E-state index contributed by atoms with van der Waals surface area (Å²) in [5, 5.41) is 2.82. The molecule has 0 spiro atoms. The van der Waals surface area contributed by atoms with Crippen molar-refractivity contribution in [1.82, 2.24) is 10.2 Å². The van der Waals surface area contributed by atoms with Crippen molar-refractivity contribution in [3.05, 3.63) is 59.7 Å². The quantitative estimate of drug-likeness (QED) is 0.787. The predicted molar refractivity (Wildman–Crippen MR) is 99.7 cm³/mol. The fourth-order valence-electron chi connectivity index (χ4n) is 2.40. The minimum absolute atomic E-state index is 0.0765. The zero-order valence-electron chi connectivity index (χ0n) is 15.3. The molecule has 0 fully saturated rings. The van der Waals surface area contributed by atoms with Gasteiger partial charge in [-0.2, -0.15) is 0 Å². The van der Waals surface area contributed by atoms with Crippen LogP contribution in [0.2, 0.25) is 0 Å². The number of hydrogen-bond acceptors (Lipinski definition) is 4. The molecule has 0 radical (unpaired) electrons. The smallest absolute Gasteiger partial charge is 0.257 e. The molecule has 138 valence electrons. The first kappa shape index (κ1) is 19.3. The van der Waals surface area contributed by atoms with Crippen molar-refractivity contribution in [3.8, 4) is 11.5 Å². The van der Waals surface area contributed by atoms with Crippen LogP contribution in [0.4, 0.5) is 0 Å². The van der Waals surface area contributed by atoms with Gasteiger partial charge in [0.2, 0.25) is 0 Å². The minimum Gasteiger partial charge on any atom is -0.496 e. The first-order valence-electron chi connectivity index (χ1n) is 8.34. The van der Waals surface area contributed by atoms with Gasteiger partial charge in [-0.05, 0) is 42.3 Å². The van der Waals surface area contributed by atoms with Gasteiger partial charge in [0.05, 0.1) is 7.11 Å². The van der Waals surface area contributed by atoms with Crippen LogP contribution in [-0.4, -0.2) is 51.1 Å². The van der Waals surface area contributed by atoms with Crippen molar-refractivity contribution in [2.45, 2.75) is 6.42 Å². The molecule has 26 heavy (non-hydrogen) atoms. The second-order valence-electron chi connectivity index (χ2n) is 5.92. The van der Waals surface area contributed by atoms with Crippen molar-refractivity contribution >= 4 is 11.8 Å². The van der Waals surface area contributed by atoms with Crippen molar-refractivity contribution in [3.63, 3.8) is 0 Å². The monoisotopic (exact) mass is 356 g/mol. The minimum atomic E-state index is -0.201. The highest BCUT2D eigenvalue weighted by Gasteiger charge is 2.08. The Balaban J connectivity index is 1.75. The molecule has 2 aromatic carbocycles. The highest BCUT2D eigenvalue weighted by Crippen LogP contribution is 2.17. The van der Waals surface area contributed by atoms with Crippen LogP contribution in [0, 0.1) is 0 Å². The third kappa shape index (κ3) is 5.51. The summed E-state index contributed by atoms with van der Waals surface area (Å²) >= 11 is 0. The molecule has 6 heteroatoms. The molecule has 2 amide bonds. The van der Waals surface area contributed by atoms with E-state index in [9.17, 15) is 9.59 Å². The molecular formula is C20H24N2O4. The standard InChI is InChI=1S/C20H24N2O4/c1-22(2)20(24)16-8-10-17(11-9-16)26-14-19(23)21-13-12-15-6-4-5-7-18(15)25-3/h4-11H,12-14H2,1-3H3,(H,21,23). The number of ether oxygens (including phenoxy) is 2. The molecular weight excluding hydrogens is 332 g/mol. The van der Waals surface area contributed by atoms with E-state index in [0.29, 0.717) is 24.3 Å². The van der Waals surface area contributed by atoms with E-state index in [-0.39, 0.29) is 18.4 Å². The zero-order valence-corrected chi connectivity index (χ0v) is 15.3. The van der Waals surface area contributed by atoms with Gasteiger partial charge in [-0.3, -0.25) is 9.59 Å². The van der Waals surface area contributed by atoms with Crippen LogP contribution in [-0.2, 0) is 11.2 Å². The topological polar surface area (TPSA) is 67.9 Å². The van der Waals surface area contributed by atoms with Gasteiger partial charge in [-0.15, -0.1) is 0 Å². The summed E-state index contributed by atoms with van der Waals surface area (Å²) in [4.78, 5) is 25.2. The Morgan fingerprint density at radius 2 is 1.73 bits per heavy atom. The number of para-hydroxylation sites is 1. The van der Waals surface area contributed by atoms with Crippen LogP contribution in [0.15, 0.2) is 48.5 Å². The lowest BCUT2D eigenvalue weighted by molar-refractivity contribution is -0.123. The Morgan fingerprint density at radius 3 is 2.38 bits per heavy atom. The van der Waals surface area contributed by atoms with E-state index in [0.717, 1.165) is 11.3 Å². The largest absolute Gasteiger partial charge is 0.496 e. The maximum Gasteiger partial charge on any atom is 0.257 e. The van der Waals surface area contributed by atoms with Gasteiger partial charge in [0, 0.05) is 26.2 Å². The number of nitrogens with zero attached hydrogens (tertiary/aromatic N) is 1. The Hall–Kier alpha value is -3.02. The van der Waals surface area contributed by atoms with E-state index in [1.165, 1.54) is 4.90 Å². The summed E-state index contributed by atoms with van der Waals surface area (Å²) in [7, 11) is 5.02. The van der Waals surface area contributed by atoms with Crippen LogP contribution in [0.1, 0.15) is 15.9 Å². The van der Waals surface area contributed by atoms with Crippen LogP contribution in [0.3, 0.4) is 0 Å². The summed E-state index contributed by atoms with van der Waals surface area (Å²) in [5.74, 6) is 1.07. The average molecular weight is 356 g/mol. The molecule has 0 saturated carbocycles. The van der Waals surface area contributed by atoms with Crippen LogP contribution >= 0.6 is 0 Å². The van der Waals surface area contributed by atoms with E-state index in [1.807, 2.05) is 24.3 Å². The Kier molecular flexibility index (Phi) is 7.02. The maximum absolute atomic E-state index is 11.9. The molecule has 6 nitrogen and oxygen atoms in total. The SMILES string of the molecule is COc1ccccc1CCNC(=O)COc1ccc(C(=O)N(C)C)cc1.